The fraction of sp³-hybridized carbons (Fsp3) is 0.211. The van der Waals surface area contributed by atoms with Crippen molar-refractivity contribution >= 4 is 41.0 Å². The average molecular weight is 402 g/mol. The summed E-state index contributed by atoms with van der Waals surface area (Å²) >= 11 is 12.1. The molecule has 0 aliphatic carbocycles. The third-order valence-electron chi connectivity index (χ3n) is 4.50. The molecule has 1 aromatic heterocycles. The number of halogens is 2. The van der Waals surface area contributed by atoms with Gasteiger partial charge in [0, 0.05) is 17.0 Å². The summed E-state index contributed by atoms with van der Waals surface area (Å²) in [5, 5.41) is 11.9. The lowest BCUT2D eigenvalue weighted by molar-refractivity contribution is -0.114. The summed E-state index contributed by atoms with van der Waals surface area (Å²) in [6.45, 7) is 1.43. The van der Waals surface area contributed by atoms with Crippen molar-refractivity contribution in [3.8, 4) is 0 Å². The van der Waals surface area contributed by atoms with Gasteiger partial charge in [-0.15, -0.1) is 5.10 Å². The number of fused-ring (bicyclic) bond motifs is 1. The highest BCUT2D eigenvalue weighted by Gasteiger charge is 2.31. The molecule has 2 heterocycles. The van der Waals surface area contributed by atoms with Crippen molar-refractivity contribution in [2.75, 3.05) is 10.6 Å². The second-order valence-corrected chi connectivity index (χ2v) is 7.31. The molecule has 2 aromatic carbocycles. The van der Waals surface area contributed by atoms with Crippen LogP contribution in [0.3, 0.4) is 0 Å². The number of nitrogens with zero attached hydrogens (tertiary/aromatic N) is 3. The fourth-order valence-electron chi connectivity index (χ4n) is 3.26. The van der Waals surface area contributed by atoms with Crippen molar-refractivity contribution in [1.29, 1.82) is 0 Å². The minimum atomic E-state index is -0.213. The molecule has 1 amide bonds. The van der Waals surface area contributed by atoms with Gasteiger partial charge in [-0.2, -0.15) is 4.98 Å². The SMILES string of the molecule is CC(=O)Nc1nc2n(n1)[C@@H](c1ccc(Cl)cc1)C[C@H](c1ccc(Cl)cc1)N2. The van der Waals surface area contributed by atoms with Gasteiger partial charge in [-0.1, -0.05) is 47.5 Å². The molecule has 27 heavy (non-hydrogen) atoms. The largest absolute Gasteiger partial charge is 0.347 e. The van der Waals surface area contributed by atoms with E-state index in [4.69, 9.17) is 23.2 Å². The van der Waals surface area contributed by atoms with E-state index < -0.39 is 0 Å². The number of carbonyl (C=O) groups excluding carboxylic acids is 1. The first-order valence-electron chi connectivity index (χ1n) is 8.51. The Balaban J connectivity index is 1.74. The summed E-state index contributed by atoms with van der Waals surface area (Å²) in [6, 6.07) is 15.4. The normalized spacial score (nSPS) is 18.5. The maximum absolute atomic E-state index is 11.4. The summed E-state index contributed by atoms with van der Waals surface area (Å²) in [7, 11) is 0. The third-order valence-corrected chi connectivity index (χ3v) is 5.01. The maximum Gasteiger partial charge on any atom is 0.250 e. The molecule has 138 valence electrons. The Morgan fingerprint density at radius 2 is 1.67 bits per heavy atom. The first-order valence-corrected chi connectivity index (χ1v) is 9.27. The van der Waals surface area contributed by atoms with Gasteiger partial charge in [-0.05, 0) is 41.8 Å². The molecule has 3 aromatic rings. The van der Waals surface area contributed by atoms with Crippen LogP contribution in [0.25, 0.3) is 0 Å². The lowest BCUT2D eigenvalue weighted by Crippen LogP contribution is -2.28. The van der Waals surface area contributed by atoms with E-state index in [1.54, 1.807) is 4.68 Å². The molecule has 1 aliphatic rings. The van der Waals surface area contributed by atoms with Gasteiger partial charge in [-0.25, -0.2) is 4.68 Å². The molecule has 0 bridgehead atoms. The predicted octanol–water partition coefficient (Wildman–Crippen LogP) is 4.69. The van der Waals surface area contributed by atoms with Crippen LogP contribution in [0.5, 0.6) is 0 Å². The smallest absolute Gasteiger partial charge is 0.250 e. The minimum absolute atomic E-state index is 0.0322. The standard InChI is InChI=1S/C19H17Cl2N5O/c1-11(27)22-18-24-19-23-16(12-2-6-14(20)7-3-12)10-17(26(19)25-18)13-4-8-15(21)9-5-13/h2-9,16-17H,10H2,1H3,(H2,22,23,24,25,27)/t16-,17-/m1/s1. The van der Waals surface area contributed by atoms with Gasteiger partial charge >= 0.3 is 0 Å². The van der Waals surface area contributed by atoms with Crippen LogP contribution in [0.15, 0.2) is 48.5 Å². The van der Waals surface area contributed by atoms with Crippen LogP contribution in [-0.4, -0.2) is 20.7 Å². The van der Waals surface area contributed by atoms with Gasteiger partial charge in [0.05, 0.1) is 12.1 Å². The monoisotopic (exact) mass is 401 g/mol. The molecular weight excluding hydrogens is 385 g/mol. The molecule has 2 atom stereocenters. The Morgan fingerprint density at radius 3 is 2.26 bits per heavy atom. The Kier molecular flexibility index (Phi) is 4.76. The number of aromatic nitrogens is 3. The summed E-state index contributed by atoms with van der Waals surface area (Å²) < 4.78 is 1.81. The fourth-order valence-corrected chi connectivity index (χ4v) is 3.52. The number of anilines is 2. The lowest BCUT2D eigenvalue weighted by Gasteiger charge is -2.31. The predicted molar refractivity (Wildman–Crippen MR) is 106 cm³/mol. The van der Waals surface area contributed by atoms with Crippen molar-refractivity contribution in [2.24, 2.45) is 0 Å². The molecule has 0 radical (unpaired) electrons. The van der Waals surface area contributed by atoms with Gasteiger partial charge in [0.15, 0.2) is 0 Å². The van der Waals surface area contributed by atoms with Gasteiger partial charge in [0.25, 0.3) is 5.95 Å². The van der Waals surface area contributed by atoms with Crippen molar-refractivity contribution in [1.82, 2.24) is 14.8 Å². The summed E-state index contributed by atoms with van der Waals surface area (Å²) in [4.78, 5) is 15.8. The van der Waals surface area contributed by atoms with Crippen LogP contribution in [0.2, 0.25) is 10.0 Å². The number of rotatable bonds is 3. The highest BCUT2D eigenvalue weighted by Crippen LogP contribution is 2.38. The zero-order valence-corrected chi connectivity index (χ0v) is 16.0. The van der Waals surface area contributed by atoms with Crippen molar-refractivity contribution in [2.45, 2.75) is 25.4 Å². The highest BCUT2D eigenvalue weighted by molar-refractivity contribution is 6.30. The second-order valence-electron chi connectivity index (χ2n) is 6.44. The number of hydrogen-bond acceptors (Lipinski definition) is 4. The van der Waals surface area contributed by atoms with E-state index in [0.717, 1.165) is 17.5 Å². The van der Waals surface area contributed by atoms with E-state index in [0.29, 0.717) is 16.0 Å². The highest BCUT2D eigenvalue weighted by atomic mass is 35.5. The zero-order valence-electron chi connectivity index (χ0n) is 14.5. The topological polar surface area (TPSA) is 71.8 Å². The molecule has 4 rings (SSSR count). The van der Waals surface area contributed by atoms with Gasteiger partial charge in [-0.3, -0.25) is 10.1 Å². The van der Waals surface area contributed by atoms with E-state index in [1.807, 2.05) is 48.5 Å². The van der Waals surface area contributed by atoms with E-state index in [1.165, 1.54) is 6.92 Å². The molecule has 0 unspecified atom stereocenters. The first kappa shape index (κ1) is 17.8. The van der Waals surface area contributed by atoms with Gasteiger partial charge in [0.2, 0.25) is 11.9 Å². The molecule has 2 N–H and O–H groups in total. The average Bonchev–Trinajstić information content (AvgIpc) is 3.03. The summed E-state index contributed by atoms with van der Waals surface area (Å²) in [6.07, 6.45) is 0.763. The molecule has 0 spiro atoms. The molecule has 1 aliphatic heterocycles. The number of benzene rings is 2. The quantitative estimate of drug-likeness (QED) is 0.667. The molecule has 0 saturated carbocycles. The van der Waals surface area contributed by atoms with E-state index in [9.17, 15) is 4.79 Å². The Bertz CT molecular complexity index is 969. The molecular formula is C19H17Cl2N5O. The van der Waals surface area contributed by atoms with E-state index in [-0.39, 0.29) is 23.9 Å². The minimum Gasteiger partial charge on any atom is -0.347 e. The van der Waals surface area contributed by atoms with Crippen LogP contribution in [0.1, 0.15) is 36.6 Å². The molecule has 8 heteroatoms. The second kappa shape index (κ2) is 7.21. The first-order chi connectivity index (χ1) is 13.0. The number of nitrogens with one attached hydrogen (secondary N) is 2. The van der Waals surface area contributed by atoms with Crippen molar-refractivity contribution in [3.05, 3.63) is 69.7 Å². The molecule has 6 nitrogen and oxygen atoms in total. The number of carbonyl (C=O) groups is 1. The van der Waals surface area contributed by atoms with Crippen LogP contribution in [0, 0.1) is 0 Å². The maximum atomic E-state index is 11.4. The Labute approximate surface area is 166 Å². The van der Waals surface area contributed by atoms with Crippen LogP contribution in [0.4, 0.5) is 11.9 Å². The summed E-state index contributed by atoms with van der Waals surface area (Å²) in [5.41, 5.74) is 2.18. The van der Waals surface area contributed by atoms with Crippen LogP contribution in [-0.2, 0) is 4.79 Å². The van der Waals surface area contributed by atoms with E-state index in [2.05, 4.69) is 20.7 Å². The van der Waals surface area contributed by atoms with Crippen LogP contribution < -0.4 is 10.6 Å². The molecule has 0 saturated heterocycles. The van der Waals surface area contributed by atoms with Gasteiger partial charge in [0.1, 0.15) is 0 Å². The Morgan fingerprint density at radius 1 is 1.07 bits per heavy atom. The van der Waals surface area contributed by atoms with Gasteiger partial charge < -0.3 is 5.32 Å². The van der Waals surface area contributed by atoms with Crippen molar-refractivity contribution in [3.63, 3.8) is 0 Å². The lowest BCUT2D eigenvalue weighted by atomic mass is 9.93. The Hall–Kier alpha value is -2.57. The zero-order chi connectivity index (χ0) is 19.0. The number of amides is 1. The molecule has 0 fully saturated rings. The van der Waals surface area contributed by atoms with Crippen LogP contribution >= 0.6 is 23.2 Å². The summed E-state index contributed by atoms with van der Waals surface area (Å²) in [5.74, 6) is 0.667. The number of hydrogen-bond donors (Lipinski definition) is 2. The van der Waals surface area contributed by atoms with Crippen molar-refractivity contribution < 1.29 is 4.79 Å². The van der Waals surface area contributed by atoms with E-state index >= 15 is 0 Å². The third kappa shape index (κ3) is 3.77.